The summed E-state index contributed by atoms with van der Waals surface area (Å²) in [6.45, 7) is -0.0455. The Balaban J connectivity index is 1.36. The Kier molecular flexibility index (Phi) is 7.43. The van der Waals surface area contributed by atoms with Gasteiger partial charge in [0.1, 0.15) is 24.5 Å². The Hall–Kier alpha value is -5.57. The maximum Gasteiger partial charge on any atom is 0.499 e. The van der Waals surface area contributed by atoms with Crippen LogP contribution in [0.2, 0.25) is 0 Å². The first-order valence-electron chi connectivity index (χ1n) is 12.4. The van der Waals surface area contributed by atoms with Gasteiger partial charge < -0.3 is 41.1 Å². The molecule has 44 heavy (non-hydrogen) atoms. The van der Waals surface area contributed by atoms with Crippen LogP contribution in [0.4, 0.5) is 9.93 Å². The van der Waals surface area contributed by atoms with Crippen molar-refractivity contribution in [3.05, 3.63) is 29.0 Å². The number of nitrogen functional groups attached to an aromatic ring is 1. The molecule has 3 amide bonds. The number of carbonyl (C=O) groups is 6. The third-order valence-electron chi connectivity index (χ3n) is 6.86. The number of nitrogens with zero attached hydrogens (tertiary/aromatic N) is 5. The van der Waals surface area contributed by atoms with E-state index in [4.69, 9.17) is 20.4 Å². The second-order valence-corrected chi connectivity index (χ2v) is 10.5. The maximum atomic E-state index is 13.3. The van der Waals surface area contributed by atoms with Crippen LogP contribution in [0, 0.1) is 0 Å². The fraction of sp³-hybridized carbons (Fsp3) is 0.348. The van der Waals surface area contributed by atoms with Crippen molar-refractivity contribution >= 4 is 57.9 Å². The highest BCUT2D eigenvalue weighted by Crippen LogP contribution is 2.40. The fourth-order valence-electron chi connectivity index (χ4n) is 4.84. The number of anilines is 1. The van der Waals surface area contributed by atoms with E-state index < -0.39 is 96.4 Å². The molecule has 7 N–H and O–H groups in total. The minimum atomic E-state index is -2.76. The van der Waals surface area contributed by atoms with E-state index >= 15 is 0 Å². The normalized spacial score (nSPS) is 24.8. The van der Waals surface area contributed by atoms with Crippen LogP contribution in [-0.4, -0.2) is 108 Å². The monoisotopic (exact) mass is 636 g/mol. The van der Waals surface area contributed by atoms with Gasteiger partial charge in [-0.15, -0.1) is 11.3 Å². The lowest BCUT2D eigenvalue weighted by Crippen LogP contribution is -2.57. The summed E-state index contributed by atoms with van der Waals surface area (Å²) in [5.74, 6) is -7.79. The number of cyclic esters (lactones) is 1. The predicted octanol–water partition coefficient (Wildman–Crippen LogP) is -2.37. The number of nitrogens with one attached hydrogen (secondary N) is 1. The minimum absolute atomic E-state index is 0.0343. The first-order valence-corrected chi connectivity index (χ1v) is 13.3. The Morgan fingerprint density at radius 3 is 2.64 bits per heavy atom. The van der Waals surface area contributed by atoms with Crippen molar-refractivity contribution in [1.29, 1.82) is 0 Å². The molecule has 232 valence electrons. The van der Waals surface area contributed by atoms with Gasteiger partial charge in [-0.1, -0.05) is 5.16 Å². The highest BCUT2D eigenvalue weighted by Gasteiger charge is 2.67. The van der Waals surface area contributed by atoms with Crippen molar-refractivity contribution in [3.8, 4) is 11.5 Å². The summed E-state index contributed by atoms with van der Waals surface area (Å²) in [5, 5.41) is 46.0. The summed E-state index contributed by atoms with van der Waals surface area (Å²) < 4.78 is 6.15. The quantitative estimate of drug-likeness (QED) is 0.0726. The number of hydroxylamine groups is 2. The van der Waals surface area contributed by atoms with Crippen molar-refractivity contribution in [2.24, 2.45) is 5.16 Å². The topological polar surface area (TPSA) is 285 Å². The number of aromatic nitrogens is 2. The molecule has 3 unspecified atom stereocenters. The van der Waals surface area contributed by atoms with Gasteiger partial charge >= 0.3 is 29.7 Å². The van der Waals surface area contributed by atoms with Crippen LogP contribution in [0.15, 0.2) is 22.8 Å². The molecule has 3 aliphatic heterocycles. The fourth-order valence-corrected chi connectivity index (χ4v) is 5.38. The summed E-state index contributed by atoms with van der Waals surface area (Å²) in [4.78, 5) is 90.6. The molecule has 2 saturated heterocycles. The summed E-state index contributed by atoms with van der Waals surface area (Å²) in [5.41, 5.74) is 2.34. The highest BCUT2D eigenvalue weighted by atomic mass is 32.1. The second-order valence-electron chi connectivity index (χ2n) is 9.57. The van der Waals surface area contributed by atoms with Gasteiger partial charge in [0, 0.05) is 11.4 Å². The Morgan fingerprint density at radius 1 is 1.27 bits per heavy atom. The van der Waals surface area contributed by atoms with Gasteiger partial charge in [0.2, 0.25) is 12.6 Å². The number of pyridine rings is 1. The number of fused-ring (bicyclic) bond motifs is 1. The van der Waals surface area contributed by atoms with Gasteiger partial charge in [0.15, 0.2) is 34.1 Å². The molecule has 2 aromatic rings. The molecule has 0 aromatic carbocycles. The van der Waals surface area contributed by atoms with Crippen LogP contribution in [0.1, 0.15) is 30.8 Å². The first kappa shape index (κ1) is 29.9. The molecule has 5 heterocycles. The van der Waals surface area contributed by atoms with E-state index in [1.165, 1.54) is 12.3 Å². The molecule has 0 radical (unpaired) electrons. The smallest absolute Gasteiger partial charge is 0.499 e. The van der Waals surface area contributed by atoms with Gasteiger partial charge in [-0.2, -0.15) is 14.4 Å². The summed E-state index contributed by atoms with van der Waals surface area (Å²) in [6, 6.07) is -3.74. The molecule has 20 nitrogen and oxygen atoms in total. The van der Waals surface area contributed by atoms with Crippen molar-refractivity contribution in [2.45, 2.75) is 37.2 Å². The van der Waals surface area contributed by atoms with E-state index in [2.05, 4.69) is 20.3 Å². The number of carboxylic acids is 2. The average Bonchev–Trinajstić information content (AvgIpc) is 3.69. The SMILES string of the molecule is CC1c2cc(O)c(O)c[n+]2C(=O)N1C1CC(C(=O)O)(N2OC[C@H](NC(=O)/C(=N\OCC(=O)O)c3csc(N)n3)C2=O)OC1=O. The number of hydrogen-bond donors (Lipinski definition) is 6. The molecule has 5 rings (SSSR count). The first-order chi connectivity index (χ1) is 20.7. The van der Waals surface area contributed by atoms with Gasteiger partial charge in [-0.3, -0.25) is 14.4 Å². The van der Waals surface area contributed by atoms with Gasteiger partial charge in [-0.25, -0.2) is 24.3 Å². The van der Waals surface area contributed by atoms with Gasteiger partial charge in [-0.05, 0) is 6.92 Å². The van der Waals surface area contributed by atoms with E-state index in [0.29, 0.717) is 0 Å². The van der Waals surface area contributed by atoms with Gasteiger partial charge in [0.25, 0.3) is 11.8 Å². The number of ether oxygens (including phenoxy) is 1. The van der Waals surface area contributed by atoms with Crippen LogP contribution in [0.25, 0.3) is 0 Å². The lowest BCUT2D eigenvalue weighted by molar-refractivity contribution is -0.573. The number of amides is 3. The van der Waals surface area contributed by atoms with E-state index in [9.17, 15) is 44.1 Å². The Morgan fingerprint density at radius 2 is 2.00 bits per heavy atom. The number of esters is 1. The number of thiazole rings is 1. The Labute approximate surface area is 248 Å². The molecule has 4 atom stereocenters. The molecular weight excluding hydrogens is 614 g/mol. The average molecular weight is 637 g/mol. The van der Waals surface area contributed by atoms with Crippen molar-refractivity contribution in [2.75, 3.05) is 18.9 Å². The van der Waals surface area contributed by atoms with E-state index in [-0.39, 0.29) is 21.6 Å². The summed E-state index contributed by atoms with van der Waals surface area (Å²) >= 11 is 0.928. The number of hydrogen-bond acceptors (Lipinski definition) is 15. The zero-order valence-electron chi connectivity index (χ0n) is 22.3. The molecule has 2 aromatic heterocycles. The molecule has 0 spiro atoms. The van der Waals surface area contributed by atoms with Gasteiger partial charge in [0.05, 0.1) is 6.42 Å². The molecule has 2 fully saturated rings. The minimum Gasteiger partial charge on any atom is -0.504 e. The third-order valence-corrected chi connectivity index (χ3v) is 7.53. The lowest BCUT2D eigenvalue weighted by atomic mass is 10.0. The summed E-state index contributed by atoms with van der Waals surface area (Å²) in [6.07, 6.45) is 0.142. The zero-order valence-corrected chi connectivity index (χ0v) is 23.1. The number of nitrogens with two attached hydrogens (primary N) is 1. The number of carbonyl (C=O) groups excluding carboxylic acids is 4. The van der Waals surface area contributed by atoms with Crippen LogP contribution in [0.5, 0.6) is 11.5 Å². The number of oxime groups is 1. The maximum absolute atomic E-state index is 13.3. The molecule has 3 aliphatic rings. The van der Waals surface area contributed by atoms with Crippen LogP contribution >= 0.6 is 11.3 Å². The molecule has 21 heteroatoms. The number of rotatable bonds is 9. The predicted molar refractivity (Wildman–Crippen MR) is 137 cm³/mol. The molecule has 0 saturated carbocycles. The Bertz CT molecular complexity index is 1640. The number of aromatic hydroxyl groups is 2. The molecule has 0 aliphatic carbocycles. The van der Waals surface area contributed by atoms with Crippen LogP contribution < -0.4 is 15.6 Å². The molecular formula is C23H22N7O13S+. The van der Waals surface area contributed by atoms with Crippen LogP contribution in [-0.2, 0) is 38.4 Å². The summed E-state index contributed by atoms with van der Waals surface area (Å²) in [7, 11) is 0. The third kappa shape index (κ3) is 4.92. The van der Waals surface area contributed by atoms with E-state index in [1.54, 1.807) is 0 Å². The largest absolute Gasteiger partial charge is 0.504 e. The number of carboxylic acid groups (broad SMARTS) is 2. The number of aliphatic carboxylic acids is 2. The highest BCUT2D eigenvalue weighted by molar-refractivity contribution is 7.13. The van der Waals surface area contributed by atoms with Crippen LogP contribution in [0.3, 0.4) is 0 Å². The van der Waals surface area contributed by atoms with Crippen molar-refractivity contribution < 1.29 is 68.2 Å². The van der Waals surface area contributed by atoms with Crippen molar-refractivity contribution in [3.63, 3.8) is 0 Å². The molecule has 0 bridgehead atoms. The second kappa shape index (κ2) is 10.9. The van der Waals surface area contributed by atoms with E-state index in [1.807, 2.05) is 0 Å². The van der Waals surface area contributed by atoms with Crippen molar-refractivity contribution in [1.82, 2.24) is 20.3 Å². The van der Waals surface area contributed by atoms with E-state index in [0.717, 1.165) is 33.1 Å². The zero-order chi connectivity index (χ0) is 32.1. The lowest BCUT2D eigenvalue weighted by Gasteiger charge is -2.30. The standard InChI is InChI=1S/C23H21N7O13S/c1-8-11-2-13(31)14(32)4-28(11)22(40)29(8)12-3-23(20(38)39,43-19(12)37)30-18(36)9(5-42-30)25-17(35)16(27-41-6-15(33)34)10-7-44-21(24)26-10/h2,4,7-9,12H,3,5-6H2,1H3,(H6,24,25,26,32,33,34,35,38,39)/p+1/b27-16-/t8?,9-,12?,23?/m0/s1.